The van der Waals surface area contributed by atoms with E-state index in [4.69, 9.17) is 4.74 Å². The molecule has 0 unspecified atom stereocenters. The Morgan fingerprint density at radius 2 is 2.00 bits per heavy atom. The lowest BCUT2D eigenvalue weighted by Crippen LogP contribution is -2.37. The van der Waals surface area contributed by atoms with Crippen molar-refractivity contribution in [1.29, 1.82) is 0 Å². The number of ether oxygens (including phenoxy) is 1. The van der Waals surface area contributed by atoms with Gasteiger partial charge in [-0.05, 0) is 56.9 Å². The Labute approximate surface area is 141 Å². The van der Waals surface area contributed by atoms with Gasteiger partial charge < -0.3 is 14.9 Å². The first kappa shape index (κ1) is 18.7. The Hall–Kier alpha value is -0.640. The lowest BCUT2D eigenvalue weighted by Gasteiger charge is -2.32. The third kappa shape index (κ3) is 4.68. The lowest BCUT2D eigenvalue weighted by atomic mass is 9.82. The second kappa shape index (κ2) is 7.08. The zero-order valence-electron chi connectivity index (χ0n) is 15.4. The number of aliphatic hydroxyl groups is 2. The maximum Gasteiger partial charge on any atom is 0.0923 e. The summed E-state index contributed by atoms with van der Waals surface area (Å²) >= 11 is 0. The highest BCUT2D eigenvalue weighted by atomic mass is 16.6. The summed E-state index contributed by atoms with van der Waals surface area (Å²) in [7, 11) is 0. The van der Waals surface area contributed by atoms with Crippen molar-refractivity contribution in [2.45, 2.75) is 90.1 Å². The van der Waals surface area contributed by atoms with E-state index in [1.54, 1.807) is 0 Å². The molecule has 0 amide bonds. The lowest BCUT2D eigenvalue weighted by molar-refractivity contribution is 0.00151. The van der Waals surface area contributed by atoms with Crippen LogP contribution in [-0.4, -0.2) is 33.6 Å². The van der Waals surface area contributed by atoms with E-state index < -0.39 is 11.7 Å². The van der Waals surface area contributed by atoms with E-state index in [1.165, 1.54) is 0 Å². The van der Waals surface area contributed by atoms with Crippen LogP contribution in [0.25, 0.3) is 0 Å². The van der Waals surface area contributed by atoms with Crippen molar-refractivity contribution < 1.29 is 14.9 Å². The molecule has 5 atom stereocenters. The third-order valence-electron chi connectivity index (χ3n) is 5.79. The Balaban J connectivity index is 2.18. The van der Waals surface area contributed by atoms with Gasteiger partial charge in [0.05, 0.1) is 23.4 Å². The summed E-state index contributed by atoms with van der Waals surface area (Å²) in [5.74, 6) is 0.474. The van der Waals surface area contributed by atoms with Crippen molar-refractivity contribution in [2.75, 3.05) is 0 Å². The van der Waals surface area contributed by atoms with Gasteiger partial charge >= 0.3 is 0 Å². The molecule has 0 aromatic carbocycles. The van der Waals surface area contributed by atoms with Crippen LogP contribution in [0.15, 0.2) is 23.8 Å². The van der Waals surface area contributed by atoms with Crippen LogP contribution in [0, 0.1) is 11.8 Å². The van der Waals surface area contributed by atoms with Gasteiger partial charge in [-0.1, -0.05) is 39.0 Å². The highest BCUT2D eigenvalue weighted by Crippen LogP contribution is 2.44. The fraction of sp³-hybridized carbons (Fsp3) is 0.800. The van der Waals surface area contributed by atoms with Crippen LogP contribution in [0.3, 0.4) is 0 Å². The predicted molar refractivity (Wildman–Crippen MR) is 94.2 cm³/mol. The molecule has 0 spiro atoms. The number of hydrogen-bond acceptors (Lipinski definition) is 3. The quantitative estimate of drug-likeness (QED) is 0.567. The van der Waals surface area contributed by atoms with Crippen LogP contribution in [0.4, 0.5) is 0 Å². The summed E-state index contributed by atoms with van der Waals surface area (Å²) < 4.78 is 5.90. The number of allylic oxidation sites excluding steroid dienone is 2. The van der Waals surface area contributed by atoms with E-state index in [0.717, 1.165) is 31.3 Å². The van der Waals surface area contributed by atoms with Crippen LogP contribution in [-0.2, 0) is 4.74 Å². The number of hydrogen-bond donors (Lipinski definition) is 2. The van der Waals surface area contributed by atoms with Gasteiger partial charge in [0, 0.05) is 6.42 Å². The minimum Gasteiger partial charge on any atom is -0.389 e. The maximum atomic E-state index is 11.0. The summed E-state index contributed by atoms with van der Waals surface area (Å²) in [6.45, 7) is 10.4. The normalized spacial score (nSPS) is 46.4. The van der Waals surface area contributed by atoms with Crippen molar-refractivity contribution in [3.8, 4) is 0 Å². The Morgan fingerprint density at radius 3 is 2.65 bits per heavy atom. The molecule has 2 N–H and O–H groups in total. The number of fused-ring (bicyclic) bond motifs is 1. The Morgan fingerprint density at radius 1 is 1.30 bits per heavy atom. The highest BCUT2D eigenvalue weighted by Gasteiger charge is 2.50. The zero-order valence-corrected chi connectivity index (χ0v) is 15.4. The SMILES string of the molecule is C/C1=C\CC[C@@]2(C)O[C@@H]2CC[C@H](C)/C=C/[C@](O)(C(C)C)C[C@H]1O. The summed E-state index contributed by atoms with van der Waals surface area (Å²) in [5.41, 5.74) is 0.00853. The minimum absolute atomic E-state index is 0.0218. The Kier molecular flexibility index (Phi) is 5.76. The second-order valence-corrected chi connectivity index (χ2v) is 8.19. The van der Waals surface area contributed by atoms with E-state index in [1.807, 2.05) is 26.8 Å². The van der Waals surface area contributed by atoms with E-state index in [9.17, 15) is 10.2 Å². The molecule has 1 heterocycles. The van der Waals surface area contributed by atoms with Gasteiger partial charge in [0.15, 0.2) is 0 Å². The van der Waals surface area contributed by atoms with E-state index >= 15 is 0 Å². The molecule has 132 valence electrons. The van der Waals surface area contributed by atoms with Crippen molar-refractivity contribution in [3.63, 3.8) is 0 Å². The number of aliphatic hydroxyl groups excluding tert-OH is 1. The largest absolute Gasteiger partial charge is 0.389 e. The molecule has 23 heavy (non-hydrogen) atoms. The molecule has 2 aliphatic rings. The average Bonchev–Trinajstić information content (AvgIpc) is 3.12. The molecule has 0 radical (unpaired) electrons. The van der Waals surface area contributed by atoms with Gasteiger partial charge in [-0.25, -0.2) is 0 Å². The first-order chi connectivity index (χ1) is 10.7. The van der Waals surface area contributed by atoms with Crippen molar-refractivity contribution in [3.05, 3.63) is 23.8 Å². The van der Waals surface area contributed by atoms with Gasteiger partial charge in [-0.15, -0.1) is 0 Å². The van der Waals surface area contributed by atoms with Crippen LogP contribution < -0.4 is 0 Å². The summed E-state index contributed by atoms with van der Waals surface area (Å²) in [6.07, 6.45) is 10.3. The average molecular weight is 322 g/mol. The molecule has 1 aliphatic heterocycles. The molecule has 2 rings (SSSR count). The summed E-state index contributed by atoms with van der Waals surface area (Å²) in [4.78, 5) is 0. The molecule has 0 aromatic rings. The summed E-state index contributed by atoms with van der Waals surface area (Å²) in [5, 5.41) is 21.5. The second-order valence-electron chi connectivity index (χ2n) is 8.19. The monoisotopic (exact) mass is 322 g/mol. The van der Waals surface area contributed by atoms with E-state index in [0.29, 0.717) is 18.4 Å². The molecular weight excluding hydrogens is 288 g/mol. The van der Waals surface area contributed by atoms with Crippen LogP contribution in [0.5, 0.6) is 0 Å². The number of rotatable bonds is 1. The molecule has 1 saturated heterocycles. The van der Waals surface area contributed by atoms with Crippen LogP contribution in [0.1, 0.15) is 66.7 Å². The number of epoxide rings is 1. The molecule has 3 nitrogen and oxygen atoms in total. The molecule has 0 bridgehead atoms. The molecule has 1 aliphatic carbocycles. The van der Waals surface area contributed by atoms with Crippen LogP contribution in [0.2, 0.25) is 0 Å². The third-order valence-corrected chi connectivity index (χ3v) is 5.79. The minimum atomic E-state index is -0.961. The van der Waals surface area contributed by atoms with Gasteiger partial charge in [-0.2, -0.15) is 0 Å². The smallest absolute Gasteiger partial charge is 0.0923 e. The molecule has 3 heteroatoms. The standard InChI is InChI=1S/C20H34O3/c1-14(2)20(22)12-10-15(3)8-9-18-19(5,23-18)11-6-7-16(4)17(21)13-20/h7,10,12,14-15,17-18,21-22H,6,8-9,11,13H2,1-5H3/b12-10+,16-7+/t15-,17+,18+,19+,20+/m0/s1. The highest BCUT2D eigenvalue weighted by molar-refractivity contribution is 5.13. The van der Waals surface area contributed by atoms with Gasteiger partial charge in [0.25, 0.3) is 0 Å². The van der Waals surface area contributed by atoms with E-state index in [-0.39, 0.29) is 11.5 Å². The topological polar surface area (TPSA) is 53.0 Å². The molecular formula is C20H34O3. The first-order valence-electron chi connectivity index (χ1n) is 9.10. The van der Waals surface area contributed by atoms with Crippen molar-refractivity contribution in [1.82, 2.24) is 0 Å². The van der Waals surface area contributed by atoms with Crippen molar-refractivity contribution in [2.24, 2.45) is 11.8 Å². The maximum absolute atomic E-state index is 11.0. The van der Waals surface area contributed by atoms with E-state index in [2.05, 4.69) is 26.0 Å². The molecule has 0 saturated carbocycles. The summed E-state index contributed by atoms with van der Waals surface area (Å²) in [6, 6.07) is 0. The van der Waals surface area contributed by atoms with Gasteiger partial charge in [-0.3, -0.25) is 0 Å². The fourth-order valence-electron chi connectivity index (χ4n) is 3.41. The van der Waals surface area contributed by atoms with Crippen molar-refractivity contribution >= 4 is 0 Å². The molecule has 1 fully saturated rings. The van der Waals surface area contributed by atoms with Gasteiger partial charge in [0.2, 0.25) is 0 Å². The van der Waals surface area contributed by atoms with Gasteiger partial charge in [0.1, 0.15) is 0 Å². The zero-order chi connectivity index (χ0) is 17.3. The fourth-order valence-corrected chi connectivity index (χ4v) is 3.41. The predicted octanol–water partition coefficient (Wildman–Crippen LogP) is 3.99. The molecule has 0 aromatic heterocycles. The Bertz CT molecular complexity index is 468. The first-order valence-corrected chi connectivity index (χ1v) is 9.10. The van der Waals surface area contributed by atoms with Crippen LogP contribution >= 0.6 is 0 Å².